The van der Waals surface area contributed by atoms with Gasteiger partial charge in [0.2, 0.25) is 5.91 Å². The summed E-state index contributed by atoms with van der Waals surface area (Å²) in [5.41, 5.74) is 1.68. The van der Waals surface area contributed by atoms with Crippen LogP contribution in [0.25, 0.3) is 11.4 Å². The second-order valence-electron chi connectivity index (χ2n) is 10.7. The van der Waals surface area contributed by atoms with Crippen LogP contribution >= 0.6 is 11.8 Å². The van der Waals surface area contributed by atoms with Gasteiger partial charge in [-0.25, -0.2) is 0 Å². The molecule has 2 saturated carbocycles. The van der Waals surface area contributed by atoms with Gasteiger partial charge in [-0.05, 0) is 49.5 Å². The first kappa shape index (κ1) is 23.8. The molecule has 2 aromatic rings. The summed E-state index contributed by atoms with van der Waals surface area (Å²) in [4.78, 5) is 12.7. The van der Waals surface area contributed by atoms with Crippen molar-refractivity contribution >= 4 is 17.7 Å². The third-order valence-electron chi connectivity index (χ3n) is 6.97. The predicted octanol–water partition coefficient (Wildman–Crippen LogP) is 5.65. The van der Waals surface area contributed by atoms with Gasteiger partial charge in [-0.3, -0.25) is 9.36 Å². The van der Waals surface area contributed by atoms with E-state index in [1.54, 1.807) is 0 Å². The second-order valence-corrected chi connectivity index (χ2v) is 11.7. The molecule has 0 bridgehead atoms. The smallest absolute Gasteiger partial charge is 0.231 e. The van der Waals surface area contributed by atoms with Crippen LogP contribution in [0.15, 0.2) is 29.4 Å². The lowest BCUT2D eigenvalue weighted by Crippen LogP contribution is -2.47. The molecule has 1 aromatic heterocycles. The zero-order chi connectivity index (χ0) is 23.6. The number of aromatic nitrogens is 3. The molecule has 6 nitrogen and oxygen atoms in total. The van der Waals surface area contributed by atoms with E-state index in [4.69, 9.17) is 0 Å². The monoisotopic (exact) mass is 465 g/mol. The second kappa shape index (κ2) is 9.50. The van der Waals surface area contributed by atoms with Gasteiger partial charge in [0, 0.05) is 11.6 Å². The van der Waals surface area contributed by atoms with Crippen molar-refractivity contribution in [1.82, 2.24) is 20.1 Å². The van der Waals surface area contributed by atoms with Crippen molar-refractivity contribution < 1.29 is 4.79 Å². The summed E-state index contributed by atoms with van der Waals surface area (Å²) >= 11 is 1.42. The Morgan fingerprint density at radius 2 is 1.76 bits per heavy atom. The fourth-order valence-electron chi connectivity index (χ4n) is 4.70. The molecule has 0 aliphatic heterocycles. The zero-order valence-corrected chi connectivity index (χ0v) is 21.0. The molecule has 7 heteroatoms. The molecule has 4 rings (SSSR count). The average Bonchev–Trinajstić information content (AvgIpc) is 3.58. The fraction of sp³-hybridized carbons (Fsp3) is 0.615. The van der Waals surface area contributed by atoms with E-state index >= 15 is 0 Å². The van der Waals surface area contributed by atoms with E-state index in [-0.39, 0.29) is 23.0 Å². The van der Waals surface area contributed by atoms with Crippen molar-refractivity contribution in [2.75, 3.05) is 5.75 Å². The molecule has 0 saturated heterocycles. The molecule has 33 heavy (non-hydrogen) atoms. The average molecular weight is 466 g/mol. The van der Waals surface area contributed by atoms with Crippen molar-refractivity contribution in [1.29, 1.82) is 5.26 Å². The Morgan fingerprint density at radius 3 is 2.33 bits per heavy atom. The molecular formula is C26H35N5OS. The van der Waals surface area contributed by atoms with E-state index in [9.17, 15) is 10.1 Å². The minimum Gasteiger partial charge on any atom is -0.337 e. The van der Waals surface area contributed by atoms with E-state index in [0.29, 0.717) is 6.04 Å². The molecule has 176 valence electrons. The van der Waals surface area contributed by atoms with Crippen LogP contribution in [-0.2, 0) is 10.2 Å². The van der Waals surface area contributed by atoms with Gasteiger partial charge >= 0.3 is 0 Å². The Hall–Kier alpha value is -2.33. The highest BCUT2D eigenvalue weighted by Gasteiger charge is 2.43. The molecule has 1 N–H and O–H groups in total. The van der Waals surface area contributed by atoms with Crippen LogP contribution < -0.4 is 5.32 Å². The van der Waals surface area contributed by atoms with Crippen molar-refractivity contribution in [3.05, 3.63) is 29.8 Å². The lowest BCUT2D eigenvalue weighted by molar-refractivity contribution is -0.119. The SMILES string of the molecule is CC(C)(C)c1ccc(-c2nnc(SCC(=O)N[C@](C)(C#N)C3CC3)n2C2CCCCC2)cc1. The number of amides is 1. The number of thioether (sulfide) groups is 1. The number of carbonyl (C=O) groups is 1. The Kier molecular flexibility index (Phi) is 6.86. The van der Waals surface area contributed by atoms with Crippen molar-refractivity contribution in [2.45, 2.75) is 94.8 Å². The summed E-state index contributed by atoms with van der Waals surface area (Å²) in [5, 5.41) is 22.4. The van der Waals surface area contributed by atoms with E-state index in [1.165, 1.54) is 36.6 Å². The molecule has 1 heterocycles. The molecule has 1 amide bonds. The molecular weight excluding hydrogens is 430 g/mol. The van der Waals surface area contributed by atoms with Crippen LogP contribution in [0, 0.1) is 17.2 Å². The van der Waals surface area contributed by atoms with Gasteiger partial charge in [-0.2, -0.15) is 5.26 Å². The summed E-state index contributed by atoms with van der Waals surface area (Å²) in [6.07, 6.45) is 7.91. The number of hydrogen-bond acceptors (Lipinski definition) is 5. The first-order valence-corrected chi connectivity index (χ1v) is 13.1. The maximum atomic E-state index is 12.7. The van der Waals surface area contributed by atoms with Crippen LogP contribution in [0.2, 0.25) is 0 Å². The molecule has 0 spiro atoms. The Labute approximate surface area is 201 Å². The first-order chi connectivity index (χ1) is 15.7. The van der Waals surface area contributed by atoms with E-state index in [2.05, 4.69) is 71.2 Å². The molecule has 2 aliphatic carbocycles. The van der Waals surface area contributed by atoms with Gasteiger partial charge in [-0.1, -0.05) is 76.1 Å². The molecule has 0 radical (unpaired) electrons. The molecule has 1 atom stereocenters. The summed E-state index contributed by atoms with van der Waals surface area (Å²) in [7, 11) is 0. The van der Waals surface area contributed by atoms with Crippen LogP contribution in [-0.4, -0.2) is 32.0 Å². The van der Waals surface area contributed by atoms with Crippen molar-refractivity contribution in [3.8, 4) is 17.5 Å². The third-order valence-corrected chi connectivity index (χ3v) is 7.91. The number of rotatable bonds is 7. The third kappa shape index (κ3) is 5.43. The Balaban J connectivity index is 1.55. The number of nitriles is 1. The van der Waals surface area contributed by atoms with Gasteiger partial charge in [0.15, 0.2) is 11.0 Å². The largest absolute Gasteiger partial charge is 0.337 e. The Bertz CT molecular complexity index is 1020. The van der Waals surface area contributed by atoms with Crippen LogP contribution in [0.4, 0.5) is 0 Å². The summed E-state index contributed by atoms with van der Waals surface area (Å²) in [6.45, 7) is 8.48. The van der Waals surface area contributed by atoms with Gasteiger partial charge in [0.25, 0.3) is 0 Å². The number of carbonyl (C=O) groups excluding carboxylic acids is 1. The van der Waals surface area contributed by atoms with Gasteiger partial charge in [-0.15, -0.1) is 10.2 Å². The number of nitrogens with one attached hydrogen (secondary N) is 1. The highest BCUT2D eigenvalue weighted by Crippen LogP contribution is 2.39. The van der Waals surface area contributed by atoms with Gasteiger partial charge in [0.05, 0.1) is 11.8 Å². The normalized spacial score (nSPS) is 19.0. The van der Waals surface area contributed by atoms with Crippen LogP contribution in [0.3, 0.4) is 0 Å². The number of benzene rings is 1. The maximum absolute atomic E-state index is 12.7. The van der Waals surface area contributed by atoms with Crippen molar-refractivity contribution in [2.24, 2.45) is 5.92 Å². The minimum absolute atomic E-state index is 0.0995. The Morgan fingerprint density at radius 1 is 1.09 bits per heavy atom. The van der Waals surface area contributed by atoms with Gasteiger partial charge < -0.3 is 5.32 Å². The highest BCUT2D eigenvalue weighted by molar-refractivity contribution is 7.99. The summed E-state index contributed by atoms with van der Waals surface area (Å²) < 4.78 is 2.26. The quantitative estimate of drug-likeness (QED) is 0.534. The molecule has 2 fully saturated rings. The molecule has 0 unspecified atom stereocenters. The maximum Gasteiger partial charge on any atom is 0.231 e. The lowest BCUT2D eigenvalue weighted by atomic mass is 9.86. The van der Waals surface area contributed by atoms with E-state index in [1.807, 2.05) is 6.92 Å². The van der Waals surface area contributed by atoms with E-state index in [0.717, 1.165) is 42.2 Å². The predicted molar refractivity (Wildman–Crippen MR) is 132 cm³/mol. The fourth-order valence-corrected chi connectivity index (χ4v) is 5.50. The number of hydrogen-bond donors (Lipinski definition) is 1. The lowest BCUT2D eigenvalue weighted by Gasteiger charge is -2.26. The summed E-state index contributed by atoms with van der Waals surface area (Å²) in [5.74, 6) is 1.26. The highest BCUT2D eigenvalue weighted by atomic mass is 32.2. The molecule has 2 aliphatic rings. The minimum atomic E-state index is -0.769. The van der Waals surface area contributed by atoms with Gasteiger partial charge in [0.1, 0.15) is 5.54 Å². The van der Waals surface area contributed by atoms with Crippen LogP contribution in [0.5, 0.6) is 0 Å². The topological polar surface area (TPSA) is 83.6 Å². The van der Waals surface area contributed by atoms with Crippen molar-refractivity contribution in [3.63, 3.8) is 0 Å². The molecule has 1 aromatic carbocycles. The summed E-state index contributed by atoms with van der Waals surface area (Å²) in [6, 6.07) is 11.3. The standard InChI is InChI=1S/C26H35N5OS/c1-25(2,3)19-12-10-18(11-13-19)23-29-30-24(31(23)21-8-6-5-7-9-21)33-16-22(32)28-26(4,17-27)20-14-15-20/h10-13,20-21H,5-9,14-16H2,1-4H3,(H,28,32)/t26-/m1/s1. The zero-order valence-electron chi connectivity index (χ0n) is 20.2. The van der Waals surface area contributed by atoms with E-state index < -0.39 is 5.54 Å². The first-order valence-electron chi connectivity index (χ1n) is 12.1. The van der Waals surface area contributed by atoms with Crippen LogP contribution in [0.1, 0.15) is 84.2 Å². The number of nitrogens with zero attached hydrogens (tertiary/aromatic N) is 4.